The highest BCUT2D eigenvalue weighted by Crippen LogP contribution is 2.10. The van der Waals surface area contributed by atoms with Crippen molar-refractivity contribution < 1.29 is 4.21 Å². The van der Waals surface area contributed by atoms with Crippen LogP contribution in [0.25, 0.3) is 0 Å². The number of nitrogens with zero attached hydrogens (tertiary/aromatic N) is 3. The number of rotatable bonds is 6. The minimum absolute atomic E-state index is 0. The van der Waals surface area contributed by atoms with E-state index in [1.807, 2.05) is 37.4 Å². The maximum Gasteiger partial charge on any atom is 0.193 e. The summed E-state index contributed by atoms with van der Waals surface area (Å²) in [5, 5.41) is 3.38. The summed E-state index contributed by atoms with van der Waals surface area (Å²) in [6, 6.07) is 18.4. The minimum Gasteiger partial charge on any atom is -0.355 e. The molecule has 1 unspecified atom stereocenters. The van der Waals surface area contributed by atoms with Crippen LogP contribution in [0.15, 0.2) is 64.5 Å². The summed E-state index contributed by atoms with van der Waals surface area (Å²) in [6.07, 6.45) is 0. The van der Waals surface area contributed by atoms with Crippen molar-refractivity contribution in [3.63, 3.8) is 0 Å². The van der Waals surface area contributed by atoms with E-state index in [4.69, 9.17) is 0 Å². The van der Waals surface area contributed by atoms with Gasteiger partial charge in [0.15, 0.2) is 5.96 Å². The average Bonchev–Trinajstić information content (AvgIpc) is 2.72. The molecule has 0 bridgehead atoms. The summed E-state index contributed by atoms with van der Waals surface area (Å²) in [4.78, 5) is 10.1. The fourth-order valence-corrected chi connectivity index (χ4v) is 4.45. The van der Waals surface area contributed by atoms with Crippen molar-refractivity contribution in [3.8, 4) is 0 Å². The van der Waals surface area contributed by atoms with Gasteiger partial charge in [0.05, 0.1) is 10.8 Å². The quantitative estimate of drug-likeness (QED) is 0.357. The lowest BCUT2D eigenvalue weighted by Crippen LogP contribution is -2.52. The summed E-state index contributed by atoms with van der Waals surface area (Å²) in [5.41, 5.74) is 2.69. The van der Waals surface area contributed by atoms with Crippen molar-refractivity contribution in [2.45, 2.75) is 18.4 Å². The Morgan fingerprint density at radius 3 is 2.45 bits per heavy atom. The van der Waals surface area contributed by atoms with Crippen LogP contribution < -0.4 is 5.32 Å². The van der Waals surface area contributed by atoms with Crippen LogP contribution >= 0.6 is 24.0 Å². The van der Waals surface area contributed by atoms with Gasteiger partial charge in [-0.1, -0.05) is 48.0 Å². The molecule has 5 nitrogen and oxygen atoms in total. The molecular weight excluding hydrogens is 495 g/mol. The summed E-state index contributed by atoms with van der Waals surface area (Å²) in [5.74, 6) is 1.48. The van der Waals surface area contributed by atoms with Crippen LogP contribution in [0.1, 0.15) is 11.1 Å². The highest BCUT2D eigenvalue weighted by Gasteiger charge is 2.19. The number of halogens is 1. The third-order valence-corrected chi connectivity index (χ3v) is 6.32. The third kappa shape index (κ3) is 7.38. The van der Waals surface area contributed by atoms with Crippen LogP contribution in [0.2, 0.25) is 0 Å². The van der Waals surface area contributed by atoms with E-state index in [9.17, 15) is 4.21 Å². The summed E-state index contributed by atoms with van der Waals surface area (Å²) >= 11 is 0. The molecule has 1 heterocycles. The first-order valence-electron chi connectivity index (χ1n) is 9.82. The molecule has 1 fully saturated rings. The predicted octanol–water partition coefficient (Wildman–Crippen LogP) is 3.11. The second kappa shape index (κ2) is 12.3. The van der Waals surface area contributed by atoms with Crippen molar-refractivity contribution in [2.24, 2.45) is 4.99 Å². The van der Waals surface area contributed by atoms with Gasteiger partial charge in [-0.05, 0) is 24.6 Å². The molecule has 0 radical (unpaired) electrons. The number of hydrogen-bond acceptors (Lipinski definition) is 3. The molecular formula is C22H31IN4OS. The Morgan fingerprint density at radius 2 is 1.79 bits per heavy atom. The van der Waals surface area contributed by atoms with E-state index in [1.54, 1.807) is 0 Å². The van der Waals surface area contributed by atoms with E-state index in [0.717, 1.165) is 43.6 Å². The van der Waals surface area contributed by atoms with Crippen molar-refractivity contribution in [1.82, 2.24) is 15.1 Å². The van der Waals surface area contributed by atoms with Gasteiger partial charge in [-0.3, -0.25) is 14.1 Å². The zero-order valence-electron chi connectivity index (χ0n) is 17.2. The lowest BCUT2D eigenvalue weighted by Gasteiger charge is -2.36. The van der Waals surface area contributed by atoms with Gasteiger partial charge in [0.1, 0.15) is 0 Å². The molecule has 0 amide bonds. The van der Waals surface area contributed by atoms with Crippen LogP contribution in [-0.2, 0) is 17.3 Å². The van der Waals surface area contributed by atoms with E-state index in [-0.39, 0.29) is 24.0 Å². The Morgan fingerprint density at radius 1 is 1.07 bits per heavy atom. The molecule has 0 spiro atoms. The standard InChI is InChI=1S/C22H30N4OS.HI/c1-19-7-6-8-20(17-19)18-25-12-14-26(15-13-25)22(23-2)24-11-16-28(27)21-9-4-3-5-10-21;/h3-10,17H,11-16,18H2,1-2H3,(H,23,24);1H. The number of hydrogen-bond donors (Lipinski definition) is 1. The van der Waals surface area contributed by atoms with Gasteiger partial charge < -0.3 is 10.2 Å². The largest absolute Gasteiger partial charge is 0.355 e. The van der Waals surface area contributed by atoms with Gasteiger partial charge in [0.25, 0.3) is 0 Å². The SMILES string of the molecule is CN=C(NCCS(=O)c1ccccc1)N1CCN(Cc2cccc(C)c2)CC1.I. The minimum atomic E-state index is -0.981. The van der Waals surface area contributed by atoms with E-state index in [0.29, 0.717) is 12.3 Å². The number of benzene rings is 2. The normalized spacial score (nSPS) is 16.2. The Balaban J connectivity index is 0.00000300. The molecule has 1 saturated heterocycles. The van der Waals surface area contributed by atoms with E-state index >= 15 is 0 Å². The van der Waals surface area contributed by atoms with Gasteiger partial charge in [0, 0.05) is 57.0 Å². The Kier molecular flexibility index (Phi) is 10.1. The third-order valence-electron chi connectivity index (χ3n) is 4.95. The number of guanidine groups is 1. The van der Waals surface area contributed by atoms with E-state index < -0.39 is 10.8 Å². The fraction of sp³-hybridized carbons (Fsp3) is 0.409. The second-order valence-corrected chi connectivity index (χ2v) is 8.66. The lowest BCUT2D eigenvalue weighted by molar-refractivity contribution is 0.172. The zero-order valence-corrected chi connectivity index (χ0v) is 20.4. The molecule has 1 aliphatic heterocycles. The van der Waals surface area contributed by atoms with Crippen LogP contribution in [-0.4, -0.2) is 65.5 Å². The van der Waals surface area contributed by atoms with Gasteiger partial charge in [0.2, 0.25) is 0 Å². The average molecular weight is 526 g/mol. The Hall–Kier alpha value is -1.45. The first-order chi connectivity index (χ1) is 13.7. The van der Waals surface area contributed by atoms with Gasteiger partial charge in [-0.15, -0.1) is 24.0 Å². The molecule has 29 heavy (non-hydrogen) atoms. The lowest BCUT2D eigenvalue weighted by atomic mass is 10.1. The maximum absolute atomic E-state index is 12.3. The molecule has 0 aromatic heterocycles. The maximum atomic E-state index is 12.3. The fourth-order valence-electron chi connectivity index (χ4n) is 3.46. The van der Waals surface area contributed by atoms with Crippen molar-refractivity contribution >= 4 is 40.7 Å². The summed E-state index contributed by atoms with van der Waals surface area (Å²) < 4.78 is 12.3. The molecule has 2 aromatic carbocycles. The topological polar surface area (TPSA) is 47.9 Å². The molecule has 1 aliphatic rings. The number of aryl methyl sites for hydroxylation is 1. The Labute approximate surface area is 194 Å². The number of piperazine rings is 1. The molecule has 1 atom stereocenters. The molecule has 1 N–H and O–H groups in total. The summed E-state index contributed by atoms with van der Waals surface area (Å²) in [7, 11) is 0.834. The van der Waals surface area contributed by atoms with Crippen molar-refractivity contribution in [3.05, 3.63) is 65.7 Å². The van der Waals surface area contributed by atoms with Crippen LogP contribution in [0.3, 0.4) is 0 Å². The van der Waals surface area contributed by atoms with Gasteiger partial charge in [-0.2, -0.15) is 0 Å². The van der Waals surface area contributed by atoms with Crippen LogP contribution in [0, 0.1) is 6.92 Å². The molecule has 3 rings (SSSR count). The highest BCUT2D eigenvalue weighted by atomic mass is 127. The first kappa shape index (κ1) is 23.8. The van der Waals surface area contributed by atoms with E-state index in [2.05, 4.69) is 51.3 Å². The molecule has 2 aromatic rings. The van der Waals surface area contributed by atoms with Crippen molar-refractivity contribution in [1.29, 1.82) is 0 Å². The van der Waals surface area contributed by atoms with Crippen LogP contribution in [0.5, 0.6) is 0 Å². The Bertz CT molecular complexity index is 807. The number of aliphatic imine (C=N–C) groups is 1. The molecule has 158 valence electrons. The molecule has 7 heteroatoms. The van der Waals surface area contributed by atoms with E-state index in [1.165, 1.54) is 11.1 Å². The zero-order chi connectivity index (χ0) is 19.8. The number of nitrogens with one attached hydrogen (secondary N) is 1. The summed E-state index contributed by atoms with van der Waals surface area (Å²) in [6.45, 7) is 7.73. The molecule has 0 saturated carbocycles. The highest BCUT2D eigenvalue weighted by molar-refractivity contribution is 14.0. The smallest absolute Gasteiger partial charge is 0.193 e. The van der Waals surface area contributed by atoms with Crippen LogP contribution in [0.4, 0.5) is 0 Å². The second-order valence-electron chi connectivity index (χ2n) is 7.09. The monoisotopic (exact) mass is 526 g/mol. The van der Waals surface area contributed by atoms with Gasteiger partial charge in [-0.25, -0.2) is 0 Å². The molecule has 0 aliphatic carbocycles. The first-order valence-corrected chi connectivity index (χ1v) is 11.1. The predicted molar refractivity (Wildman–Crippen MR) is 133 cm³/mol. The van der Waals surface area contributed by atoms with Crippen molar-refractivity contribution in [2.75, 3.05) is 45.5 Å². The van der Waals surface area contributed by atoms with Gasteiger partial charge >= 0.3 is 0 Å².